The van der Waals surface area contributed by atoms with E-state index in [1.54, 1.807) is 11.3 Å². The van der Waals surface area contributed by atoms with E-state index in [2.05, 4.69) is 47.0 Å². The Balaban J connectivity index is 1.79. The second-order valence-electron chi connectivity index (χ2n) is 7.03. The van der Waals surface area contributed by atoms with Crippen LogP contribution in [0.4, 0.5) is 10.1 Å². The van der Waals surface area contributed by atoms with E-state index in [9.17, 15) is 4.39 Å². The van der Waals surface area contributed by atoms with Crippen LogP contribution < -0.4 is 4.80 Å². The van der Waals surface area contributed by atoms with Crippen LogP contribution in [0.1, 0.15) is 16.8 Å². The fourth-order valence-corrected chi connectivity index (χ4v) is 4.15. The Hall–Kier alpha value is -3.05. The molecule has 0 fully saturated rings. The molecule has 2 aromatic carbocycles. The molecule has 0 bridgehead atoms. The van der Waals surface area contributed by atoms with Crippen LogP contribution in [0.5, 0.6) is 0 Å². The molecule has 0 aliphatic heterocycles. The Morgan fingerprint density at radius 2 is 1.86 bits per heavy atom. The highest BCUT2D eigenvalue weighted by Gasteiger charge is 2.10. The van der Waals surface area contributed by atoms with Crippen LogP contribution >= 0.6 is 11.3 Å². The Kier molecular flexibility index (Phi) is 5.67. The Bertz CT molecular complexity index is 1170. The van der Waals surface area contributed by atoms with Gasteiger partial charge in [0.2, 0.25) is 0 Å². The largest absolute Gasteiger partial charge is 0.316 e. The first-order chi connectivity index (χ1) is 14.1. The molecule has 5 heteroatoms. The number of aromatic nitrogens is 2. The van der Waals surface area contributed by atoms with E-state index < -0.39 is 0 Å². The third-order valence-corrected chi connectivity index (χ3v) is 5.70. The van der Waals surface area contributed by atoms with Crippen molar-refractivity contribution in [1.82, 2.24) is 9.55 Å². The zero-order chi connectivity index (χ0) is 20.2. The smallest absolute Gasteiger partial charge is 0.190 e. The minimum absolute atomic E-state index is 0.232. The maximum absolute atomic E-state index is 13.4. The molecule has 0 spiro atoms. The van der Waals surface area contributed by atoms with Crippen molar-refractivity contribution >= 4 is 17.0 Å². The van der Waals surface area contributed by atoms with E-state index in [4.69, 9.17) is 4.99 Å². The van der Waals surface area contributed by atoms with Gasteiger partial charge in [-0.3, -0.25) is 4.98 Å². The van der Waals surface area contributed by atoms with Gasteiger partial charge in [-0.1, -0.05) is 18.2 Å². The average molecular weight is 404 g/mol. The Morgan fingerprint density at radius 1 is 1.03 bits per heavy atom. The predicted molar refractivity (Wildman–Crippen MR) is 117 cm³/mol. The van der Waals surface area contributed by atoms with Gasteiger partial charge in [-0.15, -0.1) is 11.3 Å². The van der Waals surface area contributed by atoms with Crippen molar-refractivity contribution < 1.29 is 4.39 Å². The van der Waals surface area contributed by atoms with Gasteiger partial charge in [0.25, 0.3) is 0 Å². The van der Waals surface area contributed by atoms with Crippen LogP contribution in [0.3, 0.4) is 0 Å². The monoisotopic (exact) mass is 403 g/mol. The lowest BCUT2D eigenvalue weighted by atomic mass is 10.1. The van der Waals surface area contributed by atoms with Crippen LogP contribution in [0.2, 0.25) is 0 Å². The van der Waals surface area contributed by atoms with E-state index in [0.717, 1.165) is 46.0 Å². The second-order valence-corrected chi connectivity index (χ2v) is 7.87. The van der Waals surface area contributed by atoms with Gasteiger partial charge in [-0.25, -0.2) is 9.38 Å². The summed E-state index contributed by atoms with van der Waals surface area (Å²) in [6.45, 7) is 4.90. The molecule has 0 N–H and O–H groups in total. The number of thiazole rings is 1. The van der Waals surface area contributed by atoms with Crippen molar-refractivity contribution in [3.63, 3.8) is 0 Å². The molecule has 4 rings (SSSR count). The molecule has 0 saturated carbocycles. The topological polar surface area (TPSA) is 30.2 Å². The summed E-state index contributed by atoms with van der Waals surface area (Å²) < 4.78 is 15.6. The number of aryl methyl sites for hydroxylation is 3. The molecule has 0 atom stereocenters. The maximum Gasteiger partial charge on any atom is 0.190 e. The summed E-state index contributed by atoms with van der Waals surface area (Å²) in [7, 11) is 0. The summed E-state index contributed by atoms with van der Waals surface area (Å²) >= 11 is 1.60. The summed E-state index contributed by atoms with van der Waals surface area (Å²) in [4.78, 5) is 10.3. The van der Waals surface area contributed by atoms with Crippen molar-refractivity contribution in [1.29, 1.82) is 0 Å². The highest BCUT2D eigenvalue weighted by atomic mass is 32.1. The van der Waals surface area contributed by atoms with Gasteiger partial charge in [0, 0.05) is 30.2 Å². The Morgan fingerprint density at radius 3 is 2.62 bits per heavy atom. The van der Waals surface area contributed by atoms with Crippen LogP contribution in [-0.2, 0) is 13.0 Å². The van der Waals surface area contributed by atoms with Crippen molar-refractivity contribution in [3.8, 4) is 11.3 Å². The molecule has 2 aromatic heterocycles. The van der Waals surface area contributed by atoms with Gasteiger partial charge in [-0.2, -0.15) is 0 Å². The third-order valence-electron chi connectivity index (χ3n) is 4.84. The van der Waals surface area contributed by atoms with Crippen LogP contribution in [-0.4, -0.2) is 9.55 Å². The number of hydrogen-bond acceptors (Lipinski definition) is 3. The fraction of sp³-hybridized carbons (Fsp3) is 0.167. The second kappa shape index (κ2) is 8.53. The molecule has 0 saturated heterocycles. The minimum atomic E-state index is -0.232. The molecule has 0 unspecified atom stereocenters. The molecule has 0 aliphatic carbocycles. The number of hydrogen-bond donors (Lipinski definition) is 0. The van der Waals surface area contributed by atoms with Crippen molar-refractivity contribution in [2.24, 2.45) is 4.99 Å². The lowest BCUT2D eigenvalue weighted by molar-refractivity contribution is 0.627. The molecule has 4 aromatic rings. The third kappa shape index (κ3) is 4.51. The van der Waals surface area contributed by atoms with E-state index in [0.29, 0.717) is 0 Å². The van der Waals surface area contributed by atoms with Crippen LogP contribution in [0.25, 0.3) is 11.3 Å². The van der Waals surface area contributed by atoms with Crippen LogP contribution in [0, 0.1) is 19.7 Å². The highest BCUT2D eigenvalue weighted by Crippen LogP contribution is 2.23. The van der Waals surface area contributed by atoms with Gasteiger partial charge in [0.05, 0.1) is 11.4 Å². The molecule has 2 heterocycles. The van der Waals surface area contributed by atoms with Gasteiger partial charge >= 0.3 is 0 Å². The molecule has 3 nitrogen and oxygen atoms in total. The number of nitrogens with zero attached hydrogens (tertiary/aromatic N) is 3. The van der Waals surface area contributed by atoms with E-state index >= 15 is 0 Å². The molecule has 0 amide bonds. The zero-order valence-corrected chi connectivity index (χ0v) is 17.3. The molecule has 0 aliphatic rings. The quantitative estimate of drug-likeness (QED) is 0.411. The number of pyridine rings is 1. The lowest BCUT2D eigenvalue weighted by Gasteiger charge is -2.10. The molecule has 0 radical (unpaired) electrons. The zero-order valence-electron chi connectivity index (χ0n) is 16.5. The average Bonchev–Trinajstić information content (AvgIpc) is 3.13. The maximum atomic E-state index is 13.4. The molecule has 146 valence electrons. The lowest BCUT2D eigenvalue weighted by Crippen LogP contribution is -2.17. The number of halogens is 1. The van der Waals surface area contributed by atoms with Crippen molar-refractivity contribution in [2.45, 2.75) is 26.8 Å². The van der Waals surface area contributed by atoms with Gasteiger partial charge in [0.1, 0.15) is 5.82 Å². The van der Waals surface area contributed by atoms with Gasteiger partial charge in [0.15, 0.2) is 4.80 Å². The van der Waals surface area contributed by atoms with Crippen molar-refractivity contribution in [2.75, 3.05) is 0 Å². The van der Waals surface area contributed by atoms with Crippen LogP contribution in [0.15, 0.2) is 77.2 Å². The predicted octanol–water partition coefficient (Wildman–Crippen LogP) is 5.84. The minimum Gasteiger partial charge on any atom is -0.316 e. The standard InChI is InChI=1S/C24H22FN3S/c1-17-6-7-18(2)22(15-17)27-24-28(14-12-21-5-3-4-13-26-21)23(16-29-24)19-8-10-20(25)11-9-19/h3-11,13,15-16H,12,14H2,1-2H3. The molecule has 29 heavy (non-hydrogen) atoms. The van der Waals surface area contributed by atoms with E-state index in [1.165, 1.54) is 17.7 Å². The van der Waals surface area contributed by atoms with E-state index in [1.807, 2.05) is 36.5 Å². The molecular formula is C24H22FN3S. The van der Waals surface area contributed by atoms with Gasteiger partial charge < -0.3 is 4.57 Å². The van der Waals surface area contributed by atoms with Gasteiger partial charge in [-0.05, 0) is 73.0 Å². The summed E-state index contributed by atoms with van der Waals surface area (Å²) in [6.07, 6.45) is 2.61. The summed E-state index contributed by atoms with van der Waals surface area (Å²) in [5.74, 6) is -0.232. The Labute approximate surface area is 173 Å². The first-order valence-electron chi connectivity index (χ1n) is 9.56. The summed E-state index contributed by atoms with van der Waals surface area (Å²) in [6, 6.07) is 18.9. The van der Waals surface area contributed by atoms with E-state index in [-0.39, 0.29) is 5.82 Å². The fourth-order valence-electron chi connectivity index (χ4n) is 3.20. The summed E-state index contributed by atoms with van der Waals surface area (Å²) in [5, 5.41) is 2.09. The summed E-state index contributed by atoms with van der Waals surface area (Å²) in [5.41, 5.74) is 6.35. The SMILES string of the molecule is Cc1ccc(C)c(N=c2scc(-c3ccc(F)cc3)n2CCc2ccccn2)c1. The normalized spacial score (nSPS) is 11.8. The molecular weight excluding hydrogens is 381 g/mol. The highest BCUT2D eigenvalue weighted by molar-refractivity contribution is 7.07. The number of benzene rings is 2. The first-order valence-corrected chi connectivity index (χ1v) is 10.4. The van der Waals surface area contributed by atoms with Crippen molar-refractivity contribution in [3.05, 3.63) is 99.7 Å². The first kappa shape index (κ1) is 19.3. The number of rotatable bonds is 5.